The number of carboxylic acids is 1. The van der Waals surface area contributed by atoms with Crippen LogP contribution in [0.1, 0.15) is 19.8 Å². The first-order valence-corrected chi connectivity index (χ1v) is 7.05. The highest BCUT2D eigenvalue weighted by Gasteiger charge is 2.32. The molecule has 0 radical (unpaired) electrons. The Morgan fingerprint density at radius 3 is 2.62 bits per heavy atom. The first-order valence-electron chi connectivity index (χ1n) is 7.05. The lowest BCUT2D eigenvalue weighted by Gasteiger charge is -2.26. The second-order valence-electron chi connectivity index (χ2n) is 5.08. The molecule has 21 heavy (non-hydrogen) atoms. The summed E-state index contributed by atoms with van der Waals surface area (Å²) in [7, 11) is 0. The molecule has 114 valence electrons. The molecule has 0 aliphatic carbocycles. The van der Waals surface area contributed by atoms with Crippen LogP contribution in [0.25, 0.3) is 0 Å². The third-order valence-corrected chi connectivity index (χ3v) is 3.74. The van der Waals surface area contributed by atoms with Gasteiger partial charge in [0.1, 0.15) is 11.9 Å². The number of rotatable bonds is 5. The first-order chi connectivity index (χ1) is 10.0. The molecule has 2 rings (SSSR count). The number of halogens is 1. The van der Waals surface area contributed by atoms with Gasteiger partial charge < -0.3 is 10.0 Å². The molecule has 1 fully saturated rings. The van der Waals surface area contributed by atoms with Crippen LogP contribution in [0.4, 0.5) is 10.1 Å². The Balaban J connectivity index is 2.06. The van der Waals surface area contributed by atoms with Crippen molar-refractivity contribution in [2.24, 2.45) is 0 Å². The minimum Gasteiger partial charge on any atom is -0.480 e. The second kappa shape index (κ2) is 6.67. The van der Waals surface area contributed by atoms with Gasteiger partial charge in [0.05, 0.1) is 6.54 Å². The van der Waals surface area contributed by atoms with Crippen molar-refractivity contribution >= 4 is 17.6 Å². The lowest BCUT2D eigenvalue weighted by Crippen LogP contribution is -2.44. The number of anilines is 1. The van der Waals surface area contributed by atoms with Crippen molar-refractivity contribution in [1.29, 1.82) is 0 Å². The van der Waals surface area contributed by atoms with Gasteiger partial charge in [-0.2, -0.15) is 0 Å². The Morgan fingerprint density at radius 1 is 1.38 bits per heavy atom. The number of carbonyl (C=O) groups excluding carboxylic acids is 1. The summed E-state index contributed by atoms with van der Waals surface area (Å²) in [5.41, 5.74) is 0.620. The SMILES string of the molecule is CCN(C(=O)CN1CCCC1C(=O)O)c1ccc(F)cc1. The van der Waals surface area contributed by atoms with Gasteiger partial charge in [0.25, 0.3) is 0 Å². The molecule has 0 aromatic heterocycles. The molecule has 0 spiro atoms. The average Bonchev–Trinajstić information content (AvgIpc) is 2.90. The first kappa shape index (κ1) is 15.4. The largest absolute Gasteiger partial charge is 0.480 e. The average molecular weight is 294 g/mol. The molecule has 1 aromatic carbocycles. The number of likely N-dealkylation sites (N-methyl/N-ethyl adjacent to an activating group) is 1. The summed E-state index contributed by atoms with van der Waals surface area (Å²) in [5, 5.41) is 9.13. The van der Waals surface area contributed by atoms with Crippen LogP contribution in [0.3, 0.4) is 0 Å². The molecule has 0 saturated carbocycles. The van der Waals surface area contributed by atoms with Gasteiger partial charge in [0.15, 0.2) is 0 Å². The number of hydrogen-bond donors (Lipinski definition) is 1. The van der Waals surface area contributed by atoms with Crippen molar-refractivity contribution in [2.75, 3.05) is 24.5 Å². The van der Waals surface area contributed by atoms with E-state index >= 15 is 0 Å². The number of hydrogen-bond acceptors (Lipinski definition) is 3. The van der Waals surface area contributed by atoms with Gasteiger partial charge in [-0.15, -0.1) is 0 Å². The van der Waals surface area contributed by atoms with E-state index in [-0.39, 0.29) is 18.3 Å². The van der Waals surface area contributed by atoms with E-state index in [1.54, 1.807) is 17.0 Å². The van der Waals surface area contributed by atoms with Crippen molar-refractivity contribution in [1.82, 2.24) is 4.90 Å². The third-order valence-electron chi connectivity index (χ3n) is 3.74. The van der Waals surface area contributed by atoms with Crippen molar-refractivity contribution in [2.45, 2.75) is 25.8 Å². The Morgan fingerprint density at radius 2 is 2.05 bits per heavy atom. The fourth-order valence-corrected chi connectivity index (χ4v) is 2.68. The van der Waals surface area contributed by atoms with Crippen LogP contribution in [0.5, 0.6) is 0 Å². The summed E-state index contributed by atoms with van der Waals surface area (Å²) < 4.78 is 12.9. The van der Waals surface area contributed by atoms with E-state index in [4.69, 9.17) is 5.11 Å². The molecule has 1 aromatic rings. The van der Waals surface area contributed by atoms with Crippen molar-refractivity contribution in [3.05, 3.63) is 30.1 Å². The highest BCUT2D eigenvalue weighted by molar-refractivity contribution is 5.95. The van der Waals surface area contributed by atoms with Crippen LogP contribution in [0.15, 0.2) is 24.3 Å². The highest BCUT2D eigenvalue weighted by Crippen LogP contribution is 2.19. The smallest absolute Gasteiger partial charge is 0.320 e. The molecule has 1 heterocycles. The maximum absolute atomic E-state index is 12.9. The van der Waals surface area contributed by atoms with Crippen molar-refractivity contribution in [3.63, 3.8) is 0 Å². The van der Waals surface area contributed by atoms with Gasteiger partial charge in [-0.05, 0) is 50.6 Å². The zero-order valence-corrected chi connectivity index (χ0v) is 12.0. The molecule has 1 N–H and O–H groups in total. The van der Waals surface area contributed by atoms with E-state index in [1.165, 1.54) is 17.0 Å². The van der Waals surface area contributed by atoms with Crippen LogP contribution >= 0.6 is 0 Å². The standard InChI is InChI=1S/C15H19FN2O3/c1-2-18(12-7-5-11(16)6-8-12)14(19)10-17-9-3-4-13(17)15(20)21/h5-8,13H,2-4,9-10H2,1H3,(H,20,21). The Hall–Kier alpha value is -1.95. The predicted octanol–water partition coefficient (Wildman–Crippen LogP) is 1.73. The van der Waals surface area contributed by atoms with Crippen molar-refractivity contribution < 1.29 is 19.1 Å². The monoisotopic (exact) mass is 294 g/mol. The number of benzene rings is 1. The van der Waals surface area contributed by atoms with Crippen molar-refractivity contribution in [3.8, 4) is 0 Å². The van der Waals surface area contributed by atoms with E-state index in [0.717, 1.165) is 6.42 Å². The number of carboxylic acid groups (broad SMARTS) is 1. The summed E-state index contributed by atoms with van der Waals surface area (Å²) >= 11 is 0. The quantitative estimate of drug-likeness (QED) is 0.898. The Labute approximate surface area is 123 Å². The van der Waals surface area contributed by atoms with Crippen LogP contribution in [-0.2, 0) is 9.59 Å². The normalized spacial score (nSPS) is 18.7. The van der Waals surface area contributed by atoms with Gasteiger partial charge in [-0.25, -0.2) is 4.39 Å². The predicted molar refractivity (Wildman–Crippen MR) is 76.7 cm³/mol. The molecule has 1 amide bonds. The van der Waals surface area contributed by atoms with E-state index in [1.807, 2.05) is 6.92 Å². The molecule has 1 aliphatic rings. The van der Waals surface area contributed by atoms with Gasteiger partial charge >= 0.3 is 5.97 Å². The van der Waals surface area contributed by atoms with Gasteiger partial charge in [-0.3, -0.25) is 14.5 Å². The molecule has 1 saturated heterocycles. The lowest BCUT2D eigenvalue weighted by atomic mass is 10.2. The van der Waals surface area contributed by atoms with E-state index in [2.05, 4.69) is 0 Å². The summed E-state index contributed by atoms with van der Waals surface area (Å²) in [6.45, 7) is 2.97. The summed E-state index contributed by atoms with van der Waals surface area (Å²) in [6, 6.07) is 5.13. The lowest BCUT2D eigenvalue weighted by molar-refractivity contribution is -0.142. The maximum atomic E-state index is 12.9. The third kappa shape index (κ3) is 3.58. The van der Waals surface area contributed by atoms with Gasteiger partial charge in [-0.1, -0.05) is 0 Å². The molecule has 6 heteroatoms. The van der Waals surface area contributed by atoms with Crippen LogP contribution in [-0.4, -0.2) is 47.6 Å². The molecule has 5 nitrogen and oxygen atoms in total. The molecule has 1 aliphatic heterocycles. The van der Waals surface area contributed by atoms with E-state index in [0.29, 0.717) is 25.2 Å². The zero-order chi connectivity index (χ0) is 15.4. The van der Waals surface area contributed by atoms with Gasteiger partial charge in [0, 0.05) is 12.2 Å². The molecular formula is C15H19FN2O3. The number of nitrogens with zero attached hydrogens (tertiary/aromatic N) is 2. The van der Waals surface area contributed by atoms with Gasteiger partial charge in [0.2, 0.25) is 5.91 Å². The summed E-state index contributed by atoms with van der Waals surface area (Å²) in [4.78, 5) is 26.7. The summed E-state index contributed by atoms with van der Waals surface area (Å²) in [6.07, 6.45) is 1.36. The van der Waals surface area contributed by atoms with Crippen LogP contribution in [0.2, 0.25) is 0 Å². The number of amides is 1. The minimum atomic E-state index is -0.884. The number of aliphatic carboxylic acids is 1. The Bertz CT molecular complexity index is 518. The van der Waals surface area contributed by atoms with E-state index in [9.17, 15) is 14.0 Å². The molecule has 1 atom stereocenters. The zero-order valence-electron chi connectivity index (χ0n) is 12.0. The fraction of sp³-hybridized carbons (Fsp3) is 0.467. The molecule has 0 bridgehead atoms. The molecular weight excluding hydrogens is 275 g/mol. The Kier molecular flexibility index (Phi) is 4.90. The second-order valence-corrected chi connectivity index (χ2v) is 5.08. The van der Waals surface area contributed by atoms with Crippen LogP contribution < -0.4 is 4.90 Å². The number of carbonyl (C=O) groups is 2. The summed E-state index contributed by atoms with van der Waals surface area (Å²) in [5.74, 6) is -1.41. The van der Waals surface area contributed by atoms with Crippen LogP contribution in [0, 0.1) is 5.82 Å². The van der Waals surface area contributed by atoms with E-state index < -0.39 is 12.0 Å². The minimum absolute atomic E-state index is 0.0716. The maximum Gasteiger partial charge on any atom is 0.320 e. The topological polar surface area (TPSA) is 60.9 Å². The number of likely N-dealkylation sites (tertiary alicyclic amines) is 1. The fourth-order valence-electron chi connectivity index (χ4n) is 2.68. The molecule has 1 unspecified atom stereocenters. The highest BCUT2D eigenvalue weighted by atomic mass is 19.1.